The number of benzene rings is 2. The molecule has 0 saturated carbocycles. The average molecular weight is 605 g/mol. The predicted octanol–water partition coefficient (Wildman–Crippen LogP) is 10.4. The first-order valence-corrected chi connectivity index (χ1v) is 17.1. The average Bonchev–Trinajstić information content (AvgIpc) is 3.03. The SMILES string of the molecule is C=CC=C(C(=C)C(C)=[N+](C)C=CC)C1(CC)c2ccc(F)c3c2-c2c4c(ccc(CCCC)c4cc[n+]2C1(CC)CC)C3(C)C. The third-order valence-electron chi connectivity index (χ3n) is 11.5. The van der Waals surface area contributed by atoms with Crippen LogP contribution in [0.25, 0.3) is 22.0 Å². The molecule has 1 aliphatic heterocycles. The topological polar surface area (TPSA) is 6.89 Å². The van der Waals surface area contributed by atoms with Gasteiger partial charge in [0.2, 0.25) is 5.69 Å². The van der Waals surface area contributed by atoms with Crippen LogP contribution in [-0.4, -0.2) is 17.3 Å². The summed E-state index contributed by atoms with van der Waals surface area (Å²) in [5.41, 5.74) is 8.81. The molecule has 0 bridgehead atoms. The molecule has 0 fully saturated rings. The van der Waals surface area contributed by atoms with Crippen molar-refractivity contribution in [3.05, 3.63) is 113 Å². The van der Waals surface area contributed by atoms with Gasteiger partial charge in [-0.1, -0.05) is 91.5 Å². The van der Waals surface area contributed by atoms with Crippen LogP contribution in [0.15, 0.2) is 85.3 Å². The summed E-state index contributed by atoms with van der Waals surface area (Å²) in [7, 11) is 2.08. The van der Waals surface area contributed by atoms with Crippen LogP contribution in [0.2, 0.25) is 0 Å². The van der Waals surface area contributed by atoms with Crippen LogP contribution < -0.4 is 4.57 Å². The minimum Gasteiger partial charge on any atom is -0.207 e. The molecule has 0 radical (unpaired) electrons. The number of unbranched alkanes of at least 4 members (excludes halogenated alkanes) is 1. The van der Waals surface area contributed by atoms with Gasteiger partial charge in [-0.05, 0) is 66.0 Å². The zero-order valence-electron chi connectivity index (χ0n) is 29.2. The van der Waals surface area contributed by atoms with Crippen molar-refractivity contribution in [2.24, 2.45) is 0 Å². The lowest BCUT2D eigenvalue weighted by molar-refractivity contribution is -0.767. The summed E-state index contributed by atoms with van der Waals surface area (Å²) in [6.45, 7) is 26.8. The molecule has 0 spiro atoms. The lowest BCUT2D eigenvalue weighted by Gasteiger charge is -2.53. The second-order valence-electron chi connectivity index (χ2n) is 13.6. The molecule has 0 saturated heterocycles. The number of allylic oxidation sites excluding steroid dienone is 5. The van der Waals surface area contributed by atoms with Crippen molar-refractivity contribution in [1.29, 1.82) is 0 Å². The van der Waals surface area contributed by atoms with Crippen LogP contribution in [-0.2, 0) is 22.8 Å². The Labute approximate surface area is 271 Å². The standard InChI is InChI=1S/C42H53FN2/c1-12-18-20-30-21-22-33-36-31(30)25-27-45-39(36)37-34(23-24-35(43)38(37)40(33,9)10)42(17-6,41(45,15-4)16-5)32(19-13-2)28(7)29(8)44(11)26-14-3/h13-14,19,21-27H,2,7,12,15-18,20H2,1,3-6,8-11H3/q+2. The minimum atomic E-state index is -0.505. The van der Waals surface area contributed by atoms with Crippen molar-refractivity contribution in [2.75, 3.05) is 7.05 Å². The molecule has 3 aromatic rings. The highest BCUT2D eigenvalue weighted by molar-refractivity contribution is 6.04. The molecule has 1 aromatic heterocycles. The van der Waals surface area contributed by atoms with E-state index in [2.05, 4.69) is 114 Å². The van der Waals surface area contributed by atoms with Crippen molar-refractivity contribution in [3.63, 3.8) is 0 Å². The maximum atomic E-state index is 16.5. The Balaban J connectivity index is 2.04. The number of hydrogen-bond acceptors (Lipinski definition) is 0. The van der Waals surface area contributed by atoms with Gasteiger partial charge < -0.3 is 0 Å². The molecule has 0 amide bonds. The summed E-state index contributed by atoms with van der Waals surface area (Å²) in [4.78, 5) is 0. The quantitative estimate of drug-likeness (QED) is 0.117. The smallest absolute Gasteiger partial charge is 0.207 e. The van der Waals surface area contributed by atoms with E-state index in [0.29, 0.717) is 0 Å². The zero-order chi connectivity index (χ0) is 32.9. The van der Waals surface area contributed by atoms with Crippen LogP contribution in [0.1, 0.15) is 110 Å². The maximum Gasteiger partial charge on any atom is 0.221 e. The number of aromatic nitrogens is 1. The Morgan fingerprint density at radius 2 is 1.69 bits per heavy atom. The minimum absolute atomic E-state index is 0.128. The maximum absolute atomic E-state index is 16.5. The van der Waals surface area contributed by atoms with Gasteiger partial charge in [0.1, 0.15) is 12.9 Å². The van der Waals surface area contributed by atoms with Gasteiger partial charge in [-0.25, -0.2) is 8.97 Å². The van der Waals surface area contributed by atoms with Crippen molar-refractivity contribution >= 4 is 16.5 Å². The fourth-order valence-corrected chi connectivity index (χ4v) is 9.20. The van der Waals surface area contributed by atoms with E-state index in [9.17, 15) is 0 Å². The van der Waals surface area contributed by atoms with Gasteiger partial charge in [0.15, 0.2) is 23.6 Å². The molecule has 1 unspecified atom stereocenters. The Bertz CT molecular complexity index is 1790. The molecule has 5 rings (SSSR count). The number of rotatable bonds is 11. The summed E-state index contributed by atoms with van der Waals surface area (Å²) in [5.74, 6) is -0.128. The summed E-state index contributed by atoms with van der Waals surface area (Å²) < 4.78 is 21.2. The van der Waals surface area contributed by atoms with Gasteiger partial charge >= 0.3 is 0 Å². The molecule has 2 aliphatic rings. The van der Waals surface area contributed by atoms with Crippen LogP contribution in [0, 0.1) is 5.82 Å². The zero-order valence-corrected chi connectivity index (χ0v) is 29.2. The fraction of sp³-hybridized carbons (Fsp3) is 0.429. The lowest BCUT2D eigenvalue weighted by Crippen LogP contribution is -2.71. The van der Waals surface area contributed by atoms with Gasteiger partial charge in [-0.3, -0.25) is 0 Å². The number of nitrogens with zero attached hydrogens (tertiary/aromatic N) is 2. The summed E-state index contributed by atoms with van der Waals surface area (Å²) in [6, 6.07) is 10.8. The monoisotopic (exact) mass is 604 g/mol. The van der Waals surface area contributed by atoms with Crippen molar-refractivity contribution in [3.8, 4) is 11.3 Å². The van der Waals surface area contributed by atoms with E-state index < -0.39 is 10.8 Å². The van der Waals surface area contributed by atoms with E-state index in [4.69, 9.17) is 6.58 Å². The van der Waals surface area contributed by atoms with E-state index in [1.54, 1.807) is 6.07 Å². The van der Waals surface area contributed by atoms with E-state index in [1.165, 1.54) is 33.2 Å². The van der Waals surface area contributed by atoms with Gasteiger partial charge in [-0.2, -0.15) is 4.57 Å². The van der Waals surface area contributed by atoms with Crippen molar-refractivity contribution < 1.29 is 13.5 Å². The highest BCUT2D eigenvalue weighted by Gasteiger charge is 2.65. The predicted molar refractivity (Wildman–Crippen MR) is 190 cm³/mol. The number of aryl methyl sites for hydroxylation is 1. The molecular weight excluding hydrogens is 551 g/mol. The lowest BCUT2D eigenvalue weighted by atomic mass is 9.51. The number of halogens is 1. The van der Waals surface area contributed by atoms with Gasteiger partial charge in [0.25, 0.3) is 0 Å². The largest absolute Gasteiger partial charge is 0.221 e. The Hall–Kier alpha value is -3.59. The highest BCUT2D eigenvalue weighted by Crippen LogP contribution is 2.61. The molecule has 0 N–H and O–H groups in total. The first kappa shape index (κ1) is 32.8. The highest BCUT2D eigenvalue weighted by atomic mass is 19.1. The van der Waals surface area contributed by atoms with Crippen molar-refractivity contribution in [2.45, 2.75) is 110 Å². The summed E-state index contributed by atoms with van der Waals surface area (Å²) in [5, 5.41) is 2.62. The van der Waals surface area contributed by atoms with Gasteiger partial charge in [-0.15, -0.1) is 0 Å². The molecule has 2 heterocycles. The first-order chi connectivity index (χ1) is 21.5. The molecular formula is C42H53FN2+2. The van der Waals surface area contributed by atoms with E-state index in [1.807, 2.05) is 19.1 Å². The second kappa shape index (κ2) is 12.0. The molecule has 236 valence electrons. The van der Waals surface area contributed by atoms with E-state index >= 15 is 4.39 Å². The second-order valence-corrected chi connectivity index (χ2v) is 13.6. The number of hydrogen-bond donors (Lipinski definition) is 0. The molecule has 3 heteroatoms. The number of pyridine rings is 1. The molecule has 1 atom stereocenters. The van der Waals surface area contributed by atoms with Gasteiger partial charge in [0.05, 0.1) is 16.4 Å². The summed E-state index contributed by atoms with van der Waals surface area (Å²) >= 11 is 0. The first-order valence-electron chi connectivity index (χ1n) is 17.1. The van der Waals surface area contributed by atoms with Gasteiger partial charge in [0, 0.05) is 42.4 Å². The molecule has 2 nitrogen and oxygen atoms in total. The molecule has 1 aliphatic carbocycles. The summed E-state index contributed by atoms with van der Waals surface area (Å²) in [6.07, 6.45) is 16.6. The van der Waals surface area contributed by atoms with Crippen LogP contribution >= 0.6 is 0 Å². The molecule has 2 aromatic carbocycles. The van der Waals surface area contributed by atoms with Crippen LogP contribution in [0.4, 0.5) is 4.39 Å². The Morgan fingerprint density at radius 3 is 2.29 bits per heavy atom. The Kier molecular flexibility index (Phi) is 8.72. The Morgan fingerprint density at radius 1 is 1.00 bits per heavy atom. The van der Waals surface area contributed by atoms with E-state index in [0.717, 1.165) is 66.5 Å². The normalized spacial score (nSPS) is 20.0. The fourth-order valence-electron chi connectivity index (χ4n) is 9.20. The molecule has 45 heavy (non-hydrogen) atoms. The third kappa shape index (κ3) is 4.32. The van der Waals surface area contributed by atoms with Crippen molar-refractivity contribution in [1.82, 2.24) is 0 Å². The van der Waals surface area contributed by atoms with E-state index in [-0.39, 0.29) is 11.4 Å². The third-order valence-corrected chi connectivity index (χ3v) is 11.5. The van der Waals surface area contributed by atoms with Crippen LogP contribution in [0.3, 0.4) is 0 Å². The van der Waals surface area contributed by atoms with Crippen LogP contribution in [0.5, 0.6) is 0 Å².